The Kier molecular flexibility index (Phi) is 8.51. The molecule has 3 unspecified atom stereocenters. The van der Waals surface area contributed by atoms with Crippen LogP contribution in [0.1, 0.15) is 26.7 Å². The molecule has 3 rings (SSSR count). The van der Waals surface area contributed by atoms with Crippen LogP contribution in [0.2, 0.25) is 0 Å². The number of methoxy groups -OCH3 is 1. The van der Waals surface area contributed by atoms with Crippen LogP contribution in [-0.2, 0) is 0 Å². The summed E-state index contributed by atoms with van der Waals surface area (Å²) in [6.07, 6.45) is 2.54. The van der Waals surface area contributed by atoms with Crippen molar-refractivity contribution in [3.63, 3.8) is 0 Å². The summed E-state index contributed by atoms with van der Waals surface area (Å²) < 4.78 is 5.36. The van der Waals surface area contributed by atoms with E-state index in [1.165, 1.54) is 18.5 Å². The first kappa shape index (κ1) is 22.1. The van der Waals surface area contributed by atoms with Crippen LogP contribution in [0.25, 0.3) is 0 Å². The van der Waals surface area contributed by atoms with E-state index in [-0.39, 0.29) is 24.0 Å². The Hall–Kier alpha value is -1.18. The first-order chi connectivity index (χ1) is 12.6. The topological polar surface area (TPSA) is 40.1 Å². The van der Waals surface area contributed by atoms with Crippen LogP contribution in [0, 0.1) is 17.8 Å². The highest BCUT2D eigenvalue weighted by Gasteiger charge is 2.26. The van der Waals surface area contributed by atoms with Crippen LogP contribution in [0.4, 0.5) is 5.69 Å². The smallest absolute Gasteiger partial charge is 0.193 e. The van der Waals surface area contributed by atoms with Gasteiger partial charge in [0.15, 0.2) is 5.96 Å². The lowest BCUT2D eigenvalue weighted by Crippen LogP contribution is -2.49. The third-order valence-corrected chi connectivity index (χ3v) is 5.63. The van der Waals surface area contributed by atoms with Gasteiger partial charge in [0.05, 0.1) is 7.11 Å². The number of aliphatic imine (C=N–C) groups is 1. The summed E-state index contributed by atoms with van der Waals surface area (Å²) in [5.41, 5.74) is 1.26. The number of hydrogen-bond donors (Lipinski definition) is 1. The van der Waals surface area contributed by atoms with E-state index < -0.39 is 0 Å². The highest BCUT2D eigenvalue weighted by Crippen LogP contribution is 2.27. The van der Waals surface area contributed by atoms with E-state index in [1.54, 1.807) is 7.11 Å². The Morgan fingerprint density at radius 3 is 2.63 bits per heavy atom. The van der Waals surface area contributed by atoms with E-state index in [9.17, 15) is 0 Å². The van der Waals surface area contributed by atoms with Crippen molar-refractivity contribution in [3.8, 4) is 5.75 Å². The first-order valence-corrected chi connectivity index (χ1v) is 9.93. The fraction of sp³-hybridized carbons (Fsp3) is 0.667. The number of rotatable bonds is 4. The molecule has 27 heavy (non-hydrogen) atoms. The van der Waals surface area contributed by atoms with Crippen LogP contribution in [-0.4, -0.2) is 57.7 Å². The molecule has 0 spiro atoms. The molecule has 0 aromatic heterocycles. The van der Waals surface area contributed by atoms with Crippen molar-refractivity contribution in [2.24, 2.45) is 22.7 Å². The molecule has 2 aliphatic rings. The lowest BCUT2D eigenvalue weighted by atomic mass is 9.92. The minimum atomic E-state index is 0. The number of hydrogen-bond acceptors (Lipinski definition) is 3. The summed E-state index contributed by atoms with van der Waals surface area (Å²) in [5, 5.41) is 3.64. The number of piperidine rings is 1. The van der Waals surface area contributed by atoms with Gasteiger partial charge in [-0.25, -0.2) is 0 Å². The zero-order chi connectivity index (χ0) is 18.5. The summed E-state index contributed by atoms with van der Waals surface area (Å²) in [4.78, 5) is 9.44. The van der Waals surface area contributed by atoms with Gasteiger partial charge in [-0.1, -0.05) is 19.9 Å². The number of anilines is 1. The van der Waals surface area contributed by atoms with Gasteiger partial charge in [-0.05, 0) is 42.7 Å². The number of nitrogens with zero attached hydrogens (tertiary/aromatic N) is 3. The molecule has 2 saturated heterocycles. The van der Waals surface area contributed by atoms with E-state index in [4.69, 9.17) is 4.74 Å². The molecule has 2 heterocycles. The number of ether oxygens (including phenoxy) is 1. The Balaban J connectivity index is 0.00000261. The van der Waals surface area contributed by atoms with Crippen LogP contribution in [0.15, 0.2) is 29.3 Å². The van der Waals surface area contributed by atoms with Crippen molar-refractivity contribution in [2.75, 3.05) is 51.8 Å². The maximum atomic E-state index is 5.36. The monoisotopic (exact) mass is 486 g/mol. The van der Waals surface area contributed by atoms with E-state index >= 15 is 0 Å². The summed E-state index contributed by atoms with van der Waals surface area (Å²) in [6.45, 7) is 10.1. The third kappa shape index (κ3) is 5.90. The lowest BCUT2D eigenvalue weighted by molar-refractivity contribution is 0.208. The average Bonchev–Trinajstić information content (AvgIpc) is 3.10. The van der Waals surface area contributed by atoms with Crippen molar-refractivity contribution >= 4 is 35.6 Å². The van der Waals surface area contributed by atoms with Crippen molar-refractivity contribution in [3.05, 3.63) is 24.3 Å². The summed E-state index contributed by atoms with van der Waals surface area (Å²) in [5.74, 6) is 4.14. The van der Waals surface area contributed by atoms with Crippen molar-refractivity contribution in [1.82, 2.24) is 10.2 Å². The zero-order valence-corrected chi connectivity index (χ0v) is 19.5. The summed E-state index contributed by atoms with van der Waals surface area (Å²) >= 11 is 0. The molecule has 2 aliphatic heterocycles. The van der Waals surface area contributed by atoms with Crippen LogP contribution >= 0.6 is 24.0 Å². The quantitative estimate of drug-likeness (QED) is 0.401. The van der Waals surface area contributed by atoms with Crippen LogP contribution in [0.3, 0.4) is 0 Å². The molecule has 0 aliphatic carbocycles. The predicted molar refractivity (Wildman–Crippen MR) is 125 cm³/mol. The summed E-state index contributed by atoms with van der Waals surface area (Å²) in [6, 6.07) is 8.38. The van der Waals surface area contributed by atoms with E-state index in [0.29, 0.717) is 5.92 Å². The van der Waals surface area contributed by atoms with Crippen molar-refractivity contribution in [2.45, 2.75) is 26.7 Å². The second-order valence-corrected chi connectivity index (χ2v) is 8.08. The third-order valence-electron chi connectivity index (χ3n) is 5.63. The number of likely N-dealkylation sites (tertiary alicyclic amines) is 1. The molecule has 3 atom stereocenters. The fourth-order valence-electron chi connectivity index (χ4n) is 4.44. The minimum Gasteiger partial charge on any atom is -0.497 e. The van der Waals surface area contributed by atoms with Crippen molar-refractivity contribution < 1.29 is 4.74 Å². The molecule has 0 bridgehead atoms. The van der Waals surface area contributed by atoms with Gasteiger partial charge < -0.3 is 19.9 Å². The van der Waals surface area contributed by atoms with Gasteiger partial charge in [-0.2, -0.15) is 0 Å². The SMILES string of the molecule is CN=C(NCC1CCN(c2cccc(OC)c2)C1)N1CC(C)CC(C)C1.I. The van der Waals surface area contributed by atoms with Gasteiger partial charge in [0.1, 0.15) is 5.75 Å². The normalized spacial score (nSPS) is 25.9. The molecule has 1 N–H and O–H groups in total. The molecular formula is C21H35IN4O. The lowest BCUT2D eigenvalue weighted by Gasteiger charge is -2.37. The standard InChI is InChI=1S/C21H34N4O.HI/c1-16-10-17(2)14-25(13-16)21(22-3)23-12-18-8-9-24(15-18)19-6-5-7-20(11-19)26-4;/h5-7,11,16-18H,8-10,12-15H2,1-4H3,(H,22,23);1H. The second-order valence-electron chi connectivity index (χ2n) is 8.08. The number of halogens is 1. The highest BCUT2D eigenvalue weighted by molar-refractivity contribution is 14.0. The maximum absolute atomic E-state index is 5.36. The second kappa shape index (κ2) is 10.4. The van der Waals surface area contributed by atoms with Gasteiger partial charge in [-0.3, -0.25) is 4.99 Å². The Morgan fingerprint density at radius 1 is 1.22 bits per heavy atom. The van der Waals surface area contributed by atoms with Gasteiger partial charge in [0.25, 0.3) is 0 Å². The zero-order valence-electron chi connectivity index (χ0n) is 17.1. The van der Waals surface area contributed by atoms with Crippen LogP contribution < -0.4 is 15.0 Å². The first-order valence-electron chi connectivity index (χ1n) is 9.93. The molecule has 0 amide bonds. The van der Waals surface area contributed by atoms with Crippen molar-refractivity contribution in [1.29, 1.82) is 0 Å². The highest BCUT2D eigenvalue weighted by atomic mass is 127. The van der Waals surface area contributed by atoms with E-state index in [1.807, 2.05) is 13.1 Å². The van der Waals surface area contributed by atoms with Gasteiger partial charge in [0.2, 0.25) is 0 Å². The van der Waals surface area contributed by atoms with Crippen LogP contribution in [0.5, 0.6) is 5.75 Å². The molecule has 2 fully saturated rings. The average molecular weight is 486 g/mol. The molecule has 152 valence electrons. The molecule has 6 heteroatoms. The van der Waals surface area contributed by atoms with E-state index in [0.717, 1.165) is 56.3 Å². The number of benzene rings is 1. The largest absolute Gasteiger partial charge is 0.497 e. The Morgan fingerprint density at radius 2 is 1.96 bits per heavy atom. The summed E-state index contributed by atoms with van der Waals surface area (Å²) in [7, 11) is 3.63. The fourth-order valence-corrected chi connectivity index (χ4v) is 4.44. The Bertz CT molecular complexity index is 614. The number of guanidine groups is 1. The Labute approximate surface area is 181 Å². The molecule has 1 aromatic rings. The van der Waals surface area contributed by atoms with E-state index in [2.05, 4.69) is 52.2 Å². The van der Waals surface area contributed by atoms with Gasteiger partial charge in [0, 0.05) is 51.5 Å². The minimum absolute atomic E-state index is 0. The van der Waals surface area contributed by atoms with Gasteiger partial charge >= 0.3 is 0 Å². The maximum Gasteiger partial charge on any atom is 0.193 e. The molecule has 1 aromatic carbocycles. The predicted octanol–water partition coefficient (Wildman–Crippen LogP) is 3.69. The van der Waals surface area contributed by atoms with Gasteiger partial charge in [-0.15, -0.1) is 24.0 Å². The molecule has 0 saturated carbocycles. The molecular weight excluding hydrogens is 451 g/mol. The number of nitrogens with one attached hydrogen (secondary N) is 1. The molecule has 5 nitrogen and oxygen atoms in total. The molecule has 0 radical (unpaired) electrons.